The minimum absolute atomic E-state index is 0.126. The number of aromatic nitrogens is 2. The lowest BCUT2D eigenvalue weighted by atomic mass is 10.2. The van der Waals surface area contributed by atoms with E-state index in [0.29, 0.717) is 10.0 Å². The summed E-state index contributed by atoms with van der Waals surface area (Å²) >= 11 is 13.0. The van der Waals surface area contributed by atoms with Gasteiger partial charge in [-0.2, -0.15) is 11.8 Å². The lowest BCUT2D eigenvalue weighted by Crippen LogP contribution is -2.09. The summed E-state index contributed by atoms with van der Waals surface area (Å²) in [7, 11) is 0. The molecule has 1 saturated heterocycles. The van der Waals surface area contributed by atoms with Gasteiger partial charge in [0.1, 0.15) is 5.82 Å². The van der Waals surface area contributed by atoms with E-state index in [-0.39, 0.29) is 5.02 Å². The lowest BCUT2D eigenvalue weighted by molar-refractivity contribution is 0.623. The van der Waals surface area contributed by atoms with Gasteiger partial charge in [-0.05, 0) is 36.9 Å². The van der Waals surface area contributed by atoms with Crippen molar-refractivity contribution in [3.8, 4) is 0 Å². The number of nitrogens with one attached hydrogen (secondary N) is 1. The van der Waals surface area contributed by atoms with E-state index in [9.17, 15) is 4.39 Å². The van der Waals surface area contributed by atoms with E-state index in [1.807, 2.05) is 16.3 Å². The maximum absolute atomic E-state index is 13.6. The van der Waals surface area contributed by atoms with Crippen LogP contribution in [0, 0.1) is 10.6 Å². The molecule has 0 spiro atoms. The normalized spacial score (nSPS) is 19.8. The fourth-order valence-electron chi connectivity index (χ4n) is 2.33. The summed E-state index contributed by atoms with van der Waals surface area (Å²) in [5.74, 6) is 0.812. The third-order valence-corrected chi connectivity index (χ3v) is 5.22. The number of H-pyrrole nitrogens is 1. The second kappa shape index (κ2) is 4.87. The van der Waals surface area contributed by atoms with Crippen LogP contribution in [0.2, 0.25) is 5.02 Å². The van der Waals surface area contributed by atoms with Crippen LogP contribution in [0.15, 0.2) is 12.1 Å². The highest BCUT2D eigenvalue weighted by atomic mass is 35.5. The van der Waals surface area contributed by atoms with E-state index in [2.05, 4.69) is 4.98 Å². The number of fused-ring (bicyclic) bond motifs is 1. The predicted octanol–water partition coefficient (Wildman–Crippen LogP) is 4.39. The van der Waals surface area contributed by atoms with E-state index < -0.39 is 5.82 Å². The SMILES string of the molecule is Fc1cc2c(cc1Cl)[nH]c(=S)n2CC1CCCS1. The van der Waals surface area contributed by atoms with Gasteiger partial charge in [0.15, 0.2) is 4.77 Å². The molecule has 1 N–H and O–H groups in total. The molecule has 1 aliphatic heterocycles. The van der Waals surface area contributed by atoms with E-state index >= 15 is 0 Å². The van der Waals surface area contributed by atoms with Crippen LogP contribution in [0.1, 0.15) is 12.8 Å². The Kier molecular flexibility index (Phi) is 3.38. The van der Waals surface area contributed by atoms with Gasteiger partial charge in [-0.25, -0.2) is 4.39 Å². The molecular formula is C12H12ClFN2S2. The van der Waals surface area contributed by atoms with Crippen LogP contribution in [0.3, 0.4) is 0 Å². The topological polar surface area (TPSA) is 20.7 Å². The van der Waals surface area contributed by atoms with Crippen LogP contribution in [-0.4, -0.2) is 20.6 Å². The van der Waals surface area contributed by atoms with E-state index in [1.54, 1.807) is 6.07 Å². The third-order valence-electron chi connectivity index (χ3n) is 3.23. The number of imidazole rings is 1. The Morgan fingerprint density at radius 3 is 3.11 bits per heavy atom. The number of thioether (sulfide) groups is 1. The van der Waals surface area contributed by atoms with Gasteiger partial charge in [-0.3, -0.25) is 0 Å². The molecule has 1 aromatic heterocycles. The Labute approximate surface area is 119 Å². The number of aromatic amines is 1. The average Bonchev–Trinajstić information content (AvgIpc) is 2.92. The van der Waals surface area contributed by atoms with Crippen molar-refractivity contribution in [1.82, 2.24) is 9.55 Å². The first-order valence-electron chi connectivity index (χ1n) is 5.84. The quantitative estimate of drug-likeness (QED) is 0.831. The van der Waals surface area contributed by atoms with Crippen LogP contribution < -0.4 is 0 Å². The third kappa shape index (κ3) is 2.19. The summed E-state index contributed by atoms with van der Waals surface area (Å²) in [6, 6.07) is 3.06. The molecule has 6 heteroatoms. The molecule has 2 nitrogen and oxygen atoms in total. The Morgan fingerprint density at radius 2 is 2.39 bits per heavy atom. The maximum Gasteiger partial charge on any atom is 0.178 e. The molecule has 2 heterocycles. The predicted molar refractivity (Wildman–Crippen MR) is 77.6 cm³/mol. The Balaban J connectivity index is 2.07. The largest absolute Gasteiger partial charge is 0.331 e. The maximum atomic E-state index is 13.6. The zero-order chi connectivity index (χ0) is 12.7. The molecule has 0 bridgehead atoms. The average molecular weight is 303 g/mol. The standard InChI is InChI=1S/C12H12ClFN2S2/c13-8-4-10-11(5-9(8)14)16(12(17)15-10)6-7-2-1-3-18-7/h4-5,7H,1-3,6H2,(H,15,17). The highest BCUT2D eigenvalue weighted by Gasteiger charge is 2.18. The molecule has 2 aromatic rings. The minimum atomic E-state index is -0.397. The molecular weight excluding hydrogens is 291 g/mol. The van der Waals surface area contributed by atoms with Gasteiger partial charge < -0.3 is 9.55 Å². The van der Waals surface area contributed by atoms with Crippen LogP contribution in [-0.2, 0) is 6.54 Å². The minimum Gasteiger partial charge on any atom is -0.331 e. The van der Waals surface area contributed by atoms with Gasteiger partial charge >= 0.3 is 0 Å². The summed E-state index contributed by atoms with van der Waals surface area (Å²) in [5.41, 5.74) is 1.60. The highest BCUT2D eigenvalue weighted by molar-refractivity contribution is 8.00. The van der Waals surface area contributed by atoms with Gasteiger partial charge in [0.2, 0.25) is 0 Å². The Morgan fingerprint density at radius 1 is 1.56 bits per heavy atom. The number of nitrogens with zero attached hydrogens (tertiary/aromatic N) is 1. The van der Waals surface area contributed by atoms with Crippen LogP contribution >= 0.6 is 35.6 Å². The first-order valence-corrected chi connectivity index (χ1v) is 7.68. The van der Waals surface area contributed by atoms with Crippen LogP contribution in [0.4, 0.5) is 4.39 Å². The summed E-state index contributed by atoms with van der Waals surface area (Å²) in [6.07, 6.45) is 2.46. The van der Waals surface area contributed by atoms with Crippen molar-refractivity contribution in [2.24, 2.45) is 0 Å². The summed E-state index contributed by atoms with van der Waals surface area (Å²) in [5, 5.41) is 0.704. The number of hydrogen-bond donors (Lipinski definition) is 1. The molecule has 1 aliphatic rings. The van der Waals surface area contributed by atoms with Gasteiger partial charge in [-0.1, -0.05) is 11.6 Å². The van der Waals surface area contributed by atoms with Crippen LogP contribution in [0.5, 0.6) is 0 Å². The second-order valence-corrected chi connectivity index (χ2v) is 6.66. The highest BCUT2D eigenvalue weighted by Crippen LogP contribution is 2.29. The fraction of sp³-hybridized carbons (Fsp3) is 0.417. The van der Waals surface area contributed by atoms with Gasteiger partial charge in [0.25, 0.3) is 0 Å². The molecule has 18 heavy (non-hydrogen) atoms. The van der Waals surface area contributed by atoms with Crippen molar-refractivity contribution in [2.75, 3.05) is 5.75 Å². The number of benzene rings is 1. The molecule has 1 unspecified atom stereocenters. The molecule has 3 rings (SSSR count). The molecule has 0 saturated carbocycles. The molecule has 1 fully saturated rings. The Hall–Kier alpha value is -0.520. The van der Waals surface area contributed by atoms with E-state index in [0.717, 1.165) is 17.6 Å². The molecule has 1 aromatic carbocycles. The monoisotopic (exact) mass is 302 g/mol. The van der Waals surface area contributed by atoms with Gasteiger partial charge in [-0.15, -0.1) is 0 Å². The fourth-order valence-corrected chi connectivity index (χ4v) is 4.03. The van der Waals surface area contributed by atoms with Crippen LogP contribution in [0.25, 0.3) is 11.0 Å². The number of halogens is 2. The summed E-state index contributed by atoms with van der Waals surface area (Å²) in [4.78, 5) is 3.09. The van der Waals surface area contributed by atoms with E-state index in [4.69, 9.17) is 23.8 Å². The molecule has 0 radical (unpaired) electrons. The van der Waals surface area contributed by atoms with Crippen molar-refractivity contribution in [3.63, 3.8) is 0 Å². The first kappa shape index (κ1) is 12.5. The summed E-state index contributed by atoms with van der Waals surface area (Å²) in [6.45, 7) is 0.838. The molecule has 0 amide bonds. The van der Waals surface area contributed by atoms with Crippen molar-refractivity contribution in [1.29, 1.82) is 0 Å². The number of rotatable bonds is 2. The lowest BCUT2D eigenvalue weighted by Gasteiger charge is -2.10. The van der Waals surface area contributed by atoms with Crippen molar-refractivity contribution in [3.05, 3.63) is 27.7 Å². The first-order chi connectivity index (χ1) is 8.65. The van der Waals surface area contributed by atoms with Crippen molar-refractivity contribution < 1.29 is 4.39 Å². The molecule has 96 valence electrons. The van der Waals surface area contributed by atoms with Gasteiger partial charge in [0.05, 0.1) is 16.1 Å². The van der Waals surface area contributed by atoms with Crippen molar-refractivity contribution >= 4 is 46.6 Å². The zero-order valence-corrected chi connectivity index (χ0v) is 12.0. The van der Waals surface area contributed by atoms with Crippen molar-refractivity contribution in [2.45, 2.75) is 24.6 Å². The second-order valence-electron chi connectivity index (χ2n) is 4.46. The zero-order valence-electron chi connectivity index (χ0n) is 9.58. The smallest absolute Gasteiger partial charge is 0.178 e. The number of hydrogen-bond acceptors (Lipinski definition) is 2. The molecule has 0 aliphatic carbocycles. The Bertz CT molecular complexity index is 643. The summed E-state index contributed by atoms with van der Waals surface area (Å²) < 4.78 is 16.2. The van der Waals surface area contributed by atoms with E-state index in [1.165, 1.54) is 24.7 Å². The van der Waals surface area contributed by atoms with Gasteiger partial charge in [0, 0.05) is 17.9 Å². The molecule has 1 atom stereocenters.